The number of benzene rings is 1. The predicted molar refractivity (Wildman–Crippen MR) is 105 cm³/mol. The van der Waals surface area contributed by atoms with Gasteiger partial charge in [-0.1, -0.05) is 0 Å². The maximum Gasteiger partial charge on any atom is 0.292 e. The number of aromatic amines is 1. The summed E-state index contributed by atoms with van der Waals surface area (Å²) in [5.41, 5.74) is 1.49. The molecule has 0 fully saturated rings. The third-order valence-electron chi connectivity index (χ3n) is 4.30. The molecular formula is C20H19N5O4. The minimum Gasteiger partial charge on any atom is -0.497 e. The van der Waals surface area contributed by atoms with Gasteiger partial charge in [0, 0.05) is 30.1 Å². The molecule has 0 bridgehead atoms. The van der Waals surface area contributed by atoms with Crippen LogP contribution in [-0.4, -0.2) is 39.9 Å². The largest absolute Gasteiger partial charge is 0.497 e. The molecule has 3 aromatic heterocycles. The van der Waals surface area contributed by atoms with Crippen LogP contribution < -0.4 is 14.8 Å². The number of methoxy groups -OCH3 is 2. The van der Waals surface area contributed by atoms with Crippen LogP contribution >= 0.6 is 0 Å². The van der Waals surface area contributed by atoms with E-state index in [4.69, 9.17) is 13.9 Å². The maximum atomic E-state index is 12.5. The van der Waals surface area contributed by atoms with Crippen LogP contribution in [-0.2, 0) is 6.54 Å². The number of H-pyrrole nitrogens is 1. The van der Waals surface area contributed by atoms with Crippen LogP contribution in [0, 0.1) is 0 Å². The van der Waals surface area contributed by atoms with E-state index in [2.05, 4.69) is 20.5 Å². The number of hydrogen-bond acceptors (Lipinski definition) is 6. The number of furan rings is 1. The lowest BCUT2D eigenvalue weighted by Crippen LogP contribution is -2.11. The van der Waals surface area contributed by atoms with E-state index in [1.165, 1.54) is 0 Å². The van der Waals surface area contributed by atoms with Crippen molar-refractivity contribution in [1.29, 1.82) is 0 Å². The van der Waals surface area contributed by atoms with Gasteiger partial charge >= 0.3 is 0 Å². The Hall–Kier alpha value is -4.01. The molecule has 29 heavy (non-hydrogen) atoms. The summed E-state index contributed by atoms with van der Waals surface area (Å²) in [6.45, 7) is 0.497. The van der Waals surface area contributed by atoms with E-state index < -0.39 is 0 Å². The van der Waals surface area contributed by atoms with Crippen LogP contribution in [0.4, 0.5) is 5.82 Å². The van der Waals surface area contributed by atoms with Crippen molar-refractivity contribution in [3.8, 4) is 22.8 Å². The van der Waals surface area contributed by atoms with Gasteiger partial charge in [-0.25, -0.2) is 4.98 Å². The van der Waals surface area contributed by atoms with Crippen molar-refractivity contribution in [2.24, 2.45) is 0 Å². The monoisotopic (exact) mass is 393 g/mol. The molecule has 0 saturated carbocycles. The number of hydrogen-bond donors (Lipinski definition) is 2. The predicted octanol–water partition coefficient (Wildman–Crippen LogP) is 3.18. The first-order valence-corrected chi connectivity index (χ1v) is 8.80. The Labute approximate surface area is 166 Å². The molecule has 0 aliphatic rings. The first kappa shape index (κ1) is 18.4. The van der Waals surface area contributed by atoms with Gasteiger partial charge in [-0.15, -0.1) is 0 Å². The smallest absolute Gasteiger partial charge is 0.292 e. The number of anilines is 1. The van der Waals surface area contributed by atoms with Gasteiger partial charge in [-0.2, -0.15) is 5.10 Å². The Kier molecular flexibility index (Phi) is 5.02. The zero-order valence-corrected chi connectivity index (χ0v) is 15.9. The summed E-state index contributed by atoms with van der Waals surface area (Å²) in [6.07, 6.45) is 5.19. The van der Waals surface area contributed by atoms with Crippen LogP contribution in [0.1, 0.15) is 16.3 Å². The fourth-order valence-corrected chi connectivity index (χ4v) is 2.87. The highest BCUT2D eigenvalue weighted by Gasteiger charge is 2.15. The lowest BCUT2D eigenvalue weighted by atomic mass is 10.1. The number of nitrogens with zero attached hydrogens (tertiary/aromatic N) is 3. The Balaban J connectivity index is 1.47. The van der Waals surface area contributed by atoms with E-state index in [0.29, 0.717) is 35.3 Å². The number of rotatable bonds is 7. The Morgan fingerprint density at radius 3 is 2.86 bits per heavy atom. The standard InChI is InChI=1S/C20H19N5O4/c1-27-13-3-5-15(18(9-13)28-2)16-10-19(24-23-16)22-20(26)17-6-4-14(29-17)11-25-8-7-21-12-25/h3-10,12H,11H2,1-2H3,(H2,22,23,24,26). The van der Waals surface area contributed by atoms with Crippen LogP contribution in [0.15, 0.2) is 59.5 Å². The zero-order chi connectivity index (χ0) is 20.2. The van der Waals surface area contributed by atoms with Gasteiger partial charge in [0.1, 0.15) is 17.3 Å². The number of ether oxygens (including phenoxy) is 2. The average Bonchev–Trinajstić information content (AvgIpc) is 3.50. The third-order valence-corrected chi connectivity index (χ3v) is 4.30. The molecule has 0 atom stereocenters. The highest BCUT2D eigenvalue weighted by molar-refractivity contribution is 6.02. The highest BCUT2D eigenvalue weighted by Crippen LogP contribution is 2.33. The van der Waals surface area contributed by atoms with Crippen molar-refractivity contribution >= 4 is 11.7 Å². The molecule has 9 nitrogen and oxygen atoms in total. The summed E-state index contributed by atoms with van der Waals surface area (Å²) in [5, 5.41) is 9.77. The van der Waals surface area contributed by atoms with Crippen LogP contribution in [0.25, 0.3) is 11.3 Å². The number of aromatic nitrogens is 4. The van der Waals surface area contributed by atoms with E-state index in [1.807, 2.05) is 22.9 Å². The van der Waals surface area contributed by atoms with Crippen molar-refractivity contribution in [2.75, 3.05) is 19.5 Å². The molecule has 0 unspecified atom stereocenters. The Bertz CT molecular complexity index is 1110. The topological polar surface area (TPSA) is 107 Å². The highest BCUT2D eigenvalue weighted by atomic mass is 16.5. The second kappa shape index (κ2) is 7.93. The molecule has 2 N–H and O–H groups in total. The molecule has 0 radical (unpaired) electrons. The van der Waals surface area contributed by atoms with Crippen molar-refractivity contribution in [3.05, 3.63) is 66.6 Å². The van der Waals surface area contributed by atoms with E-state index >= 15 is 0 Å². The molecule has 1 amide bonds. The normalized spacial score (nSPS) is 10.7. The fraction of sp³-hybridized carbons (Fsp3) is 0.150. The SMILES string of the molecule is COc1ccc(-c2cc(NC(=O)c3ccc(Cn4ccnc4)o3)n[nH]2)c(OC)c1. The van der Waals surface area contributed by atoms with Crippen molar-refractivity contribution in [3.63, 3.8) is 0 Å². The van der Waals surface area contributed by atoms with Crippen LogP contribution in [0.3, 0.4) is 0 Å². The van der Waals surface area contributed by atoms with E-state index in [-0.39, 0.29) is 11.7 Å². The lowest BCUT2D eigenvalue weighted by Gasteiger charge is -2.08. The quantitative estimate of drug-likeness (QED) is 0.499. The minimum absolute atomic E-state index is 0.201. The maximum absolute atomic E-state index is 12.5. The van der Waals surface area contributed by atoms with Gasteiger partial charge in [0.15, 0.2) is 11.6 Å². The van der Waals surface area contributed by atoms with Gasteiger partial charge in [0.05, 0.1) is 32.8 Å². The summed E-state index contributed by atoms with van der Waals surface area (Å²) >= 11 is 0. The summed E-state index contributed by atoms with van der Waals surface area (Å²) in [7, 11) is 3.17. The Morgan fingerprint density at radius 1 is 1.21 bits per heavy atom. The molecule has 0 aliphatic carbocycles. The number of nitrogens with one attached hydrogen (secondary N) is 2. The second-order valence-electron chi connectivity index (χ2n) is 6.19. The molecule has 4 aromatic rings. The minimum atomic E-state index is -0.387. The van der Waals surface area contributed by atoms with Gasteiger partial charge in [-0.3, -0.25) is 9.89 Å². The average molecular weight is 393 g/mol. The fourth-order valence-electron chi connectivity index (χ4n) is 2.87. The van der Waals surface area contributed by atoms with E-state index in [9.17, 15) is 4.79 Å². The molecule has 148 valence electrons. The third kappa shape index (κ3) is 3.98. The van der Waals surface area contributed by atoms with Gasteiger partial charge in [0.2, 0.25) is 0 Å². The Morgan fingerprint density at radius 2 is 2.10 bits per heavy atom. The first-order chi connectivity index (χ1) is 14.2. The van der Waals surface area contributed by atoms with E-state index in [1.54, 1.807) is 51.0 Å². The van der Waals surface area contributed by atoms with Gasteiger partial charge in [0.25, 0.3) is 5.91 Å². The number of carbonyl (C=O) groups excluding carboxylic acids is 1. The summed E-state index contributed by atoms with van der Waals surface area (Å²) in [5.74, 6) is 2.14. The molecular weight excluding hydrogens is 374 g/mol. The molecule has 1 aromatic carbocycles. The lowest BCUT2D eigenvalue weighted by molar-refractivity contribution is 0.0994. The molecule has 9 heteroatoms. The van der Waals surface area contributed by atoms with Crippen molar-refractivity contribution in [1.82, 2.24) is 19.7 Å². The van der Waals surface area contributed by atoms with E-state index in [0.717, 1.165) is 5.56 Å². The molecule has 0 spiro atoms. The molecule has 4 rings (SSSR count). The summed E-state index contributed by atoms with van der Waals surface area (Å²) in [4.78, 5) is 16.4. The van der Waals surface area contributed by atoms with Crippen molar-refractivity contribution < 1.29 is 18.7 Å². The summed E-state index contributed by atoms with van der Waals surface area (Å²) in [6, 6.07) is 10.6. The molecule has 0 saturated heterocycles. The molecule has 3 heterocycles. The van der Waals surface area contributed by atoms with Crippen LogP contribution in [0.2, 0.25) is 0 Å². The number of carbonyl (C=O) groups is 1. The number of imidazole rings is 1. The van der Waals surface area contributed by atoms with Gasteiger partial charge in [-0.05, 0) is 24.3 Å². The zero-order valence-electron chi connectivity index (χ0n) is 15.9. The number of amides is 1. The first-order valence-electron chi connectivity index (χ1n) is 8.80. The summed E-state index contributed by atoms with van der Waals surface area (Å²) < 4.78 is 18.1. The molecule has 0 aliphatic heterocycles. The van der Waals surface area contributed by atoms with Crippen molar-refractivity contribution in [2.45, 2.75) is 6.54 Å². The van der Waals surface area contributed by atoms with Crippen LogP contribution in [0.5, 0.6) is 11.5 Å². The second-order valence-corrected chi connectivity index (χ2v) is 6.19. The van der Waals surface area contributed by atoms with Gasteiger partial charge < -0.3 is 23.8 Å².